The SMILES string of the molecule is C=C1N=CN=C[N+]1(C)/N=C\C. The topological polar surface area (TPSA) is 37.1 Å². The van der Waals surface area contributed by atoms with Gasteiger partial charge in [-0.3, -0.25) is 0 Å². The fraction of sp³-hybridized carbons (Fsp3) is 0.286. The third-order valence-electron chi connectivity index (χ3n) is 1.44. The Morgan fingerprint density at radius 2 is 2.45 bits per heavy atom. The van der Waals surface area contributed by atoms with Crippen LogP contribution in [-0.2, 0) is 0 Å². The average Bonchev–Trinajstić information content (AvgIpc) is 1.96. The maximum Gasteiger partial charge on any atom is 0.254 e. The van der Waals surface area contributed by atoms with Crippen molar-refractivity contribution in [3.05, 3.63) is 12.4 Å². The minimum atomic E-state index is 0.215. The van der Waals surface area contributed by atoms with E-state index < -0.39 is 0 Å². The molecule has 1 atom stereocenters. The molecule has 0 fully saturated rings. The Balaban J connectivity index is 2.94. The molecule has 0 saturated carbocycles. The maximum atomic E-state index is 4.15. The summed E-state index contributed by atoms with van der Waals surface area (Å²) in [5.74, 6) is 0.665. The molecule has 0 aromatic rings. The minimum absolute atomic E-state index is 0.215. The summed E-state index contributed by atoms with van der Waals surface area (Å²) in [6.45, 7) is 5.61. The molecule has 1 unspecified atom stereocenters. The molecule has 0 aliphatic carbocycles. The molecule has 1 aliphatic heterocycles. The zero-order chi connectivity index (χ0) is 8.32. The van der Waals surface area contributed by atoms with Crippen LogP contribution in [0.2, 0.25) is 0 Å². The van der Waals surface area contributed by atoms with Crippen LogP contribution in [0.15, 0.2) is 27.5 Å². The van der Waals surface area contributed by atoms with Gasteiger partial charge in [0.2, 0.25) is 6.34 Å². The monoisotopic (exact) mass is 151 g/mol. The van der Waals surface area contributed by atoms with E-state index >= 15 is 0 Å². The van der Waals surface area contributed by atoms with Gasteiger partial charge < -0.3 is 0 Å². The molecule has 0 N–H and O–H groups in total. The van der Waals surface area contributed by atoms with E-state index in [2.05, 4.69) is 21.7 Å². The quantitative estimate of drug-likeness (QED) is 0.396. The molecule has 0 saturated heterocycles. The van der Waals surface area contributed by atoms with Crippen molar-refractivity contribution in [2.45, 2.75) is 6.92 Å². The highest BCUT2D eigenvalue weighted by Crippen LogP contribution is 2.13. The van der Waals surface area contributed by atoms with Crippen LogP contribution in [-0.4, -0.2) is 30.5 Å². The molecule has 0 spiro atoms. The maximum absolute atomic E-state index is 4.15. The molecule has 4 heteroatoms. The van der Waals surface area contributed by atoms with Gasteiger partial charge in [-0.05, 0) is 13.5 Å². The molecule has 0 amide bonds. The summed E-state index contributed by atoms with van der Waals surface area (Å²) in [4.78, 5) is 7.82. The Morgan fingerprint density at radius 1 is 1.73 bits per heavy atom. The molecule has 0 bridgehead atoms. The number of hydrogen-bond donors (Lipinski definition) is 0. The van der Waals surface area contributed by atoms with Crippen molar-refractivity contribution >= 4 is 18.9 Å². The van der Waals surface area contributed by atoms with Crippen LogP contribution < -0.4 is 0 Å². The van der Waals surface area contributed by atoms with Crippen LogP contribution in [0.1, 0.15) is 6.92 Å². The lowest BCUT2D eigenvalue weighted by Crippen LogP contribution is -2.36. The normalized spacial score (nSPS) is 30.2. The highest BCUT2D eigenvalue weighted by Gasteiger charge is 2.25. The zero-order valence-corrected chi connectivity index (χ0v) is 6.73. The lowest BCUT2D eigenvalue weighted by molar-refractivity contribution is -0.780. The number of nitrogens with zero attached hydrogens (tertiary/aromatic N) is 4. The summed E-state index contributed by atoms with van der Waals surface area (Å²) >= 11 is 0. The van der Waals surface area contributed by atoms with Gasteiger partial charge in [0.25, 0.3) is 5.82 Å². The first-order valence-electron chi connectivity index (χ1n) is 3.32. The van der Waals surface area contributed by atoms with E-state index in [-0.39, 0.29) is 4.59 Å². The summed E-state index contributed by atoms with van der Waals surface area (Å²) in [5.41, 5.74) is 0. The molecular formula is C7H11N4+. The van der Waals surface area contributed by atoms with Crippen molar-refractivity contribution in [2.24, 2.45) is 15.1 Å². The van der Waals surface area contributed by atoms with Gasteiger partial charge in [0.05, 0.1) is 6.21 Å². The van der Waals surface area contributed by atoms with Crippen LogP contribution in [0.25, 0.3) is 0 Å². The number of quaternary nitrogens is 1. The Bertz CT molecular complexity index is 251. The van der Waals surface area contributed by atoms with E-state index in [0.717, 1.165) is 0 Å². The van der Waals surface area contributed by atoms with Gasteiger partial charge >= 0.3 is 0 Å². The van der Waals surface area contributed by atoms with Crippen molar-refractivity contribution in [3.63, 3.8) is 0 Å². The van der Waals surface area contributed by atoms with Crippen LogP contribution >= 0.6 is 0 Å². The second-order valence-electron chi connectivity index (χ2n) is 2.33. The lowest BCUT2D eigenvalue weighted by atomic mass is 10.6. The molecule has 0 aromatic heterocycles. The molecule has 0 radical (unpaired) electrons. The molecule has 0 aromatic carbocycles. The van der Waals surface area contributed by atoms with E-state index in [9.17, 15) is 0 Å². The molecule has 1 aliphatic rings. The molecular weight excluding hydrogens is 140 g/mol. The molecule has 1 heterocycles. The fourth-order valence-corrected chi connectivity index (χ4v) is 0.779. The zero-order valence-electron chi connectivity index (χ0n) is 6.73. The highest BCUT2D eigenvalue weighted by atomic mass is 15.6. The second-order valence-corrected chi connectivity index (χ2v) is 2.33. The predicted molar refractivity (Wildman–Crippen MR) is 46.5 cm³/mol. The number of rotatable bonds is 1. The molecule has 58 valence electrons. The molecule has 1 rings (SSSR count). The van der Waals surface area contributed by atoms with Crippen LogP contribution in [0.4, 0.5) is 0 Å². The lowest BCUT2D eigenvalue weighted by Gasteiger charge is -2.21. The highest BCUT2D eigenvalue weighted by molar-refractivity contribution is 5.71. The third kappa shape index (κ3) is 1.40. The predicted octanol–water partition coefficient (Wildman–Crippen LogP) is 0.980. The summed E-state index contributed by atoms with van der Waals surface area (Å²) in [7, 11) is 1.86. The smallest absolute Gasteiger partial charge is 0.189 e. The first kappa shape index (κ1) is 7.81. The Morgan fingerprint density at radius 3 is 3.00 bits per heavy atom. The summed E-state index contributed by atoms with van der Waals surface area (Å²) in [6.07, 6.45) is 4.85. The average molecular weight is 151 g/mol. The number of hydrogen-bond acceptors (Lipinski definition) is 3. The van der Waals surface area contributed by atoms with Gasteiger partial charge in [0, 0.05) is 0 Å². The van der Waals surface area contributed by atoms with Crippen molar-refractivity contribution in [3.8, 4) is 0 Å². The Hall–Kier alpha value is -1.29. The van der Waals surface area contributed by atoms with E-state index in [4.69, 9.17) is 0 Å². The van der Waals surface area contributed by atoms with Crippen LogP contribution in [0.5, 0.6) is 0 Å². The van der Waals surface area contributed by atoms with Gasteiger partial charge in [0.1, 0.15) is 13.4 Å². The molecule has 11 heavy (non-hydrogen) atoms. The van der Waals surface area contributed by atoms with Crippen LogP contribution in [0.3, 0.4) is 0 Å². The number of aliphatic imine (C=N–C) groups is 2. The largest absolute Gasteiger partial charge is 0.254 e. The molecule has 4 nitrogen and oxygen atoms in total. The van der Waals surface area contributed by atoms with Crippen molar-refractivity contribution in [1.82, 2.24) is 0 Å². The summed E-state index contributed by atoms with van der Waals surface area (Å²) in [5, 5.41) is 4.15. The first-order chi connectivity index (χ1) is 5.19. The third-order valence-corrected chi connectivity index (χ3v) is 1.44. The Kier molecular flexibility index (Phi) is 1.96. The standard InChI is InChI=1S/C7H11N4/c1-4-10-11(3)6-8-5-9-7(11)2/h4-6H,2H2,1,3H3/q+1/b10-4-. The van der Waals surface area contributed by atoms with Gasteiger partial charge in [-0.1, -0.05) is 5.10 Å². The minimum Gasteiger partial charge on any atom is -0.189 e. The fourth-order valence-electron chi connectivity index (χ4n) is 0.779. The Labute approximate surface area is 65.9 Å². The second kappa shape index (κ2) is 2.75. The van der Waals surface area contributed by atoms with E-state index in [1.165, 1.54) is 6.34 Å². The van der Waals surface area contributed by atoms with Gasteiger partial charge in [-0.2, -0.15) is 9.98 Å². The van der Waals surface area contributed by atoms with Crippen LogP contribution in [0, 0.1) is 0 Å². The van der Waals surface area contributed by atoms with E-state index in [0.29, 0.717) is 5.82 Å². The summed E-state index contributed by atoms with van der Waals surface area (Å²) < 4.78 is 0.215. The van der Waals surface area contributed by atoms with E-state index in [1.54, 1.807) is 12.6 Å². The van der Waals surface area contributed by atoms with Crippen molar-refractivity contribution < 1.29 is 4.59 Å². The van der Waals surface area contributed by atoms with Gasteiger partial charge in [-0.15, -0.1) is 4.59 Å². The van der Waals surface area contributed by atoms with Gasteiger partial charge in [-0.25, -0.2) is 0 Å². The first-order valence-corrected chi connectivity index (χ1v) is 3.32. The summed E-state index contributed by atoms with van der Waals surface area (Å²) in [6, 6.07) is 0. The van der Waals surface area contributed by atoms with Crippen molar-refractivity contribution in [2.75, 3.05) is 7.05 Å². The van der Waals surface area contributed by atoms with E-state index in [1.807, 2.05) is 14.0 Å². The van der Waals surface area contributed by atoms with Gasteiger partial charge in [0.15, 0.2) is 0 Å². The van der Waals surface area contributed by atoms with Crippen molar-refractivity contribution in [1.29, 1.82) is 0 Å².